The van der Waals surface area contributed by atoms with Crippen LogP contribution in [0.4, 0.5) is 5.69 Å². The Kier molecular flexibility index (Phi) is 4.53. The Morgan fingerprint density at radius 1 is 1.05 bits per heavy atom. The van der Waals surface area contributed by atoms with Gasteiger partial charge in [0.25, 0.3) is 5.91 Å². The minimum absolute atomic E-state index is 0.133. The zero-order valence-electron chi connectivity index (χ0n) is 10.5. The summed E-state index contributed by atoms with van der Waals surface area (Å²) in [5, 5.41) is 8.00. The van der Waals surface area contributed by atoms with E-state index >= 15 is 0 Å². The highest BCUT2D eigenvalue weighted by Gasteiger charge is 2.15. The monoisotopic (exact) mass is 344 g/mol. The molecule has 0 aromatic heterocycles. The van der Waals surface area contributed by atoms with Gasteiger partial charge in [-0.25, -0.2) is 13.6 Å². The Labute approximate surface area is 131 Å². The smallest absolute Gasteiger partial charge is 0.257 e. The molecule has 0 spiro atoms. The van der Waals surface area contributed by atoms with Gasteiger partial charge in [-0.05, 0) is 30.3 Å². The first-order valence-electron chi connectivity index (χ1n) is 5.67. The minimum Gasteiger partial charge on any atom is -0.321 e. The van der Waals surface area contributed by atoms with E-state index in [1.165, 1.54) is 24.3 Å². The first-order valence-corrected chi connectivity index (χ1v) is 7.97. The van der Waals surface area contributed by atoms with Crippen LogP contribution in [0.2, 0.25) is 10.0 Å². The molecule has 0 atom stereocenters. The van der Waals surface area contributed by atoms with Gasteiger partial charge in [-0.1, -0.05) is 35.3 Å². The number of halogens is 2. The number of benzene rings is 2. The molecule has 0 heterocycles. The molecule has 2 aromatic carbocycles. The summed E-state index contributed by atoms with van der Waals surface area (Å²) in [6.45, 7) is 0. The highest BCUT2D eigenvalue weighted by Crippen LogP contribution is 2.26. The molecular weight excluding hydrogens is 335 g/mol. The van der Waals surface area contributed by atoms with Crippen LogP contribution < -0.4 is 10.5 Å². The Hall–Kier alpha value is -1.60. The van der Waals surface area contributed by atoms with Crippen molar-refractivity contribution in [3.8, 4) is 0 Å². The first kappa shape index (κ1) is 15.8. The van der Waals surface area contributed by atoms with Crippen molar-refractivity contribution in [3.05, 3.63) is 58.1 Å². The molecule has 0 aliphatic carbocycles. The van der Waals surface area contributed by atoms with Crippen LogP contribution in [0.5, 0.6) is 0 Å². The molecule has 0 saturated carbocycles. The lowest BCUT2D eigenvalue weighted by Crippen LogP contribution is -2.15. The number of hydrogen-bond acceptors (Lipinski definition) is 3. The fraction of sp³-hybridized carbons (Fsp3) is 0. The van der Waals surface area contributed by atoms with Gasteiger partial charge < -0.3 is 5.32 Å². The van der Waals surface area contributed by atoms with Crippen molar-refractivity contribution in [1.29, 1.82) is 0 Å². The fourth-order valence-corrected chi connectivity index (χ4v) is 2.54. The first-order chi connectivity index (χ1) is 9.79. The van der Waals surface area contributed by atoms with Crippen molar-refractivity contribution in [2.75, 3.05) is 5.32 Å². The van der Waals surface area contributed by atoms with Crippen molar-refractivity contribution in [1.82, 2.24) is 0 Å². The van der Waals surface area contributed by atoms with Gasteiger partial charge in [0, 0.05) is 0 Å². The van der Waals surface area contributed by atoms with E-state index in [2.05, 4.69) is 5.32 Å². The maximum atomic E-state index is 12.1. The van der Waals surface area contributed by atoms with Crippen LogP contribution >= 0.6 is 23.2 Å². The molecular formula is C13H10Cl2N2O3S. The zero-order chi connectivity index (χ0) is 15.6. The Morgan fingerprint density at radius 3 is 2.33 bits per heavy atom. The van der Waals surface area contributed by atoms with E-state index in [-0.39, 0.29) is 26.2 Å². The highest BCUT2D eigenvalue weighted by molar-refractivity contribution is 7.89. The van der Waals surface area contributed by atoms with Gasteiger partial charge in [-0.2, -0.15) is 0 Å². The summed E-state index contributed by atoms with van der Waals surface area (Å²) in [4.78, 5) is 12.0. The van der Waals surface area contributed by atoms with Crippen molar-refractivity contribution in [2.24, 2.45) is 5.14 Å². The molecule has 5 nitrogen and oxygen atoms in total. The average molecular weight is 345 g/mol. The zero-order valence-corrected chi connectivity index (χ0v) is 12.8. The summed E-state index contributed by atoms with van der Waals surface area (Å²) in [6, 6.07) is 10.2. The molecule has 0 aliphatic heterocycles. The lowest BCUT2D eigenvalue weighted by Gasteiger charge is -2.09. The Bertz CT molecular complexity index is 807. The molecule has 0 aliphatic rings. The van der Waals surface area contributed by atoms with Gasteiger partial charge >= 0.3 is 0 Å². The Morgan fingerprint density at radius 2 is 1.71 bits per heavy atom. The molecule has 0 bridgehead atoms. The molecule has 2 rings (SSSR count). The molecule has 0 saturated heterocycles. The van der Waals surface area contributed by atoms with E-state index in [0.29, 0.717) is 0 Å². The molecule has 8 heteroatoms. The van der Waals surface area contributed by atoms with Crippen molar-refractivity contribution in [3.63, 3.8) is 0 Å². The second-order valence-corrected chi connectivity index (χ2v) is 6.50. The van der Waals surface area contributed by atoms with Gasteiger partial charge in [0.2, 0.25) is 10.0 Å². The number of carbonyl (C=O) groups is 1. The fourth-order valence-electron chi connectivity index (χ4n) is 1.61. The van der Waals surface area contributed by atoms with E-state index in [1.54, 1.807) is 18.2 Å². The van der Waals surface area contributed by atoms with Gasteiger partial charge in [0.15, 0.2) is 0 Å². The van der Waals surface area contributed by atoms with Gasteiger partial charge in [-0.15, -0.1) is 0 Å². The minimum atomic E-state index is -3.89. The van der Waals surface area contributed by atoms with E-state index in [9.17, 15) is 13.2 Å². The Balaban J connectivity index is 2.36. The number of sulfonamides is 1. The third kappa shape index (κ3) is 3.74. The van der Waals surface area contributed by atoms with Crippen LogP contribution in [0.1, 0.15) is 10.4 Å². The van der Waals surface area contributed by atoms with Crippen LogP contribution in [-0.2, 0) is 10.0 Å². The molecule has 0 fully saturated rings. The number of nitrogens with two attached hydrogens (primary N) is 1. The maximum Gasteiger partial charge on any atom is 0.257 e. The molecule has 1 amide bonds. The topological polar surface area (TPSA) is 89.3 Å². The molecule has 2 aromatic rings. The van der Waals surface area contributed by atoms with Crippen LogP contribution in [0.25, 0.3) is 0 Å². The summed E-state index contributed by atoms with van der Waals surface area (Å²) in [7, 11) is -3.89. The summed E-state index contributed by atoms with van der Waals surface area (Å²) in [5.74, 6) is -0.505. The quantitative estimate of drug-likeness (QED) is 0.896. The molecule has 3 N–H and O–H groups in total. The van der Waals surface area contributed by atoms with Gasteiger partial charge in [0.1, 0.15) is 0 Å². The number of primary sulfonamides is 1. The standard InChI is InChI=1S/C13H10Cl2N2O3S/c14-10-4-2-1-3-9(10)13(18)17-12-7-8(21(16,19)20)5-6-11(12)15/h1-7H,(H,17,18)(H2,16,19,20). The predicted molar refractivity (Wildman–Crippen MR) is 82.2 cm³/mol. The van der Waals surface area contributed by atoms with Crippen molar-refractivity contribution < 1.29 is 13.2 Å². The van der Waals surface area contributed by atoms with Crippen molar-refractivity contribution in [2.45, 2.75) is 4.90 Å². The number of nitrogens with one attached hydrogen (secondary N) is 1. The predicted octanol–water partition coefficient (Wildman–Crippen LogP) is 2.89. The highest BCUT2D eigenvalue weighted by atomic mass is 35.5. The average Bonchev–Trinajstić information content (AvgIpc) is 2.40. The van der Waals surface area contributed by atoms with Crippen LogP contribution in [0, 0.1) is 0 Å². The number of rotatable bonds is 3. The van der Waals surface area contributed by atoms with Gasteiger partial charge in [0.05, 0.1) is 26.2 Å². The summed E-state index contributed by atoms with van der Waals surface area (Å²) < 4.78 is 22.6. The number of anilines is 1. The van der Waals surface area contributed by atoms with E-state index in [1.807, 2.05) is 0 Å². The van der Waals surface area contributed by atoms with Crippen LogP contribution in [-0.4, -0.2) is 14.3 Å². The van der Waals surface area contributed by atoms with E-state index in [0.717, 1.165) is 0 Å². The van der Waals surface area contributed by atoms with Gasteiger partial charge in [-0.3, -0.25) is 4.79 Å². The SMILES string of the molecule is NS(=O)(=O)c1ccc(Cl)c(NC(=O)c2ccccc2Cl)c1. The molecule has 0 radical (unpaired) electrons. The maximum absolute atomic E-state index is 12.1. The van der Waals surface area contributed by atoms with E-state index in [4.69, 9.17) is 28.3 Å². The summed E-state index contributed by atoms with van der Waals surface area (Å²) in [5.41, 5.74) is 0.379. The second-order valence-electron chi connectivity index (χ2n) is 4.12. The third-order valence-electron chi connectivity index (χ3n) is 2.63. The number of carbonyl (C=O) groups excluding carboxylic acids is 1. The van der Waals surface area contributed by atoms with E-state index < -0.39 is 15.9 Å². The summed E-state index contributed by atoms with van der Waals surface area (Å²) in [6.07, 6.45) is 0. The van der Waals surface area contributed by atoms with Crippen molar-refractivity contribution >= 4 is 44.8 Å². The largest absolute Gasteiger partial charge is 0.321 e. The lowest BCUT2D eigenvalue weighted by atomic mass is 10.2. The normalized spacial score (nSPS) is 11.2. The summed E-state index contributed by atoms with van der Waals surface area (Å²) >= 11 is 11.9. The second kappa shape index (κ2) is 6.03. The number of hydrogen-bond donors (Lipinski definition) is 2. The lowest BCUT2D eigenvalue weighted by molar-refractivity contribution is 0.102. The third-order valence-corrected chi connectivity index (χ3v) is 4.20. The molecule has 21 heavy (non-hydrogen) atoms. The van der Waals surface area contributed by atoms with Crippen LogP contribution in [0.15, 0.2) is 47.4 Å². The number of amides is 1. The van der Waals surface area contributed by atoms with Crippen LogP contribution in [0.3, 0.4) is 0 Å². The molecule has 110 valence electrons. The molecule has 0 unspecified atom stereocenters.